The number of pyridine rings is 1. The van der Waals surface area contributed by atoms with E-state index in [0.717, 1.165) is 11.3 Å². The quantitative estimate of drug-likeness (QED) is 0.784. The highest BCUT2D eigenvalue weighted by Gasteiger charge is 2.26. The predicted octanol–water partition coefficient (Wildman–Crippen LogP) is 1.34. The number of nitrogens with zero attached hydrogens (tertiary/aromatic N) is 1. The molecule has 0 unspecified atom stereocenters. The summed E-state index contributed by atoms with van der Waals surface area (Å²) in [6.07, 6.45) is 1.71. The lowest BCUT2D eigenvalue weighted by atomic mass is 10.1. The first-order valence-electron chi connectivity index (χ1n) is 4.82. The Balaban J connectivity index is 2.66. The van der Waals surface area contributed by atoms with Crippen LogP contribution in [0.1, 0.15) is 25.1 Å². The summed E-state index contributed by atoms with van der Waals surface area (Å²) >= 11 is 0. The van der Waals surface area contributed by atoms with Crippen molar-refractivity contribution < 1.29 is 9.90 Å². The van der Waals surface area contributed by atoms with E-state index >= 15 is 0 Å². The third kappa shape index (κ3) is 3.02. The van der Waals surface area contributed by atoms with Crippen LogP contribution in [0, 0.1) is 6.92 Å². The third-order valence-electron chi connectivity index (χ3n) is 2.35. The van der Waals surface area contributed by atoms with Crippen molar-refractivity contribution in [3.05, 3.63) is 29.6 Å². The first-order chi connectivity index (χ1) is 6.93. The number of nitrogens with one attached hydrogen (secondary N) is 1. The van der Waals surface area contributed by atoms with E-state index in [0.29, 0.717) is 6.54 Å². The molecular weight excluding hydrogens is 192 g/mol. The van der Waals surface area contributed by atoms with Gasteiger partial charge in [-0.25, -0.2) is 0 Å². The van der Waals surface area contributed by atoms with Gasteiger partial charge in [0.1, 0.15) is 5.54 Å². The summed E-state index contributed by atoms with van der Waals surface area (Å²) in [5, 5.41) is 11.9. The Hall–Kier alpha value is -1.42. The molecule has 1 aromatic rings. The van der Waals surface area contributed by atoms with Gasteiger partial charge in [-0.3, -0.25) is 15.1 Å². The molecule has 0 spiro atoms. The maximum Gasteiger partial charge on any atom is 0.323 e. The summed E-state index contributed by atoms with van der Waals surface area (Å²) in [4.78, 5) is 15.0. The molecule has 0 atom stereocenters. The van der Waals surface area contributed by atoms with Gasteiger partial charge >= 0.3 is 5.97 Å². The van der Waals surface area contributed by atoms with E-state index in [9.17, 15) is 4.79 Å². The molecule has 0 aliphatic carbocycles. The van der Waals surface area contributed by atoms with Gasteiger partial charge < -0.3 is 5.11 Å². The molecule has 15 heavy (non-hydrogen) atoms. The third-order valence-corrected chi connectivity index (χ3v) is 2.35. The molecule has 0 fully saturated rings. The van der Waals surface area contributed by atoms with Gasteiger partial charge in [0.2, 0.25) is 0 Å². The Bertz CT molecular complexity index is 361. The standard InChI is InChI=1S/C11H16N2O2/c1-8-5-4-6-12-9(8)7-13-11(2,3)10(14)15/h4-6,13H,7H2,1-3H3,(H,14,15). The van der Waals surface area contributed by atoms with Crippen LogP contribution in [0.3, 0.4) is 0 Å². The van der Waals surface area contributed by atoms with E-state index in [1.807, 2.05) is 19.1 Å². The second-order valence-electron chi connectivity index (χ2n) is 4.05. The van der Waals surface area contributed by atoms with Gasteiger partial charge in [-0.2, -0.15) is 0 Å². The summed E-state index contributed by atoms with van der Waals surface area (Å²) in [5.74, 6) is -0.865. The first kappa shape index (κ1) is 11.7. The number of rotatable bonds is 4. The van der Waals surface area contributed by atoms with Gasteiger partial charge in [-0.15, -0.1) is 0 Å². The zero-order valence-corrected chi connectivity index (χ0v) is 9.24. The van der Waals surface area contributed by atoms with Gasteiger partial charge in [0, 0.05) is 12.7 Å². The Morgan fingerprint density at radius 1 is 1.60 bits per heavy atom. The van der Waals surface area contributed by atoms with Gasteiger partial charge in [-0.05, 0) is 32.4 Å². The first-order valence-corrected chi connectivity index (χ1v) is 4.82. The highest BCUT2D eigenvalue weighted by molar-refractivity contribution is 5.77. The average Bonchev–Trinajstić information content (AvgIpc) is 2.16. The molecule has 4 heteroatoms. The number of hydrogen-bond donors (Lipinski definition) is 2. The van der Waals surface area contributed by atoms with Crippen LogP contribution in [-0.4, -0.2) is 21.6 Å². The van der Waals surface area contributed by atoms with Crippen LogP contribution in [0.5, 0.6) is 0 Å². The normalized spacial score (nSPS) is 11.4. The Kier molecular flexibility index (Phi) is 3.42. The molecule has 1 heterocycles. The molecule has 1 aromatic heterocycles. The fourth-order valence-electron chi connectivity index (χ4n) is 1.08. The van der Waals surface area contributed by atoms with E-state index in [1.165, 1.54) is 0 Å². The van der Waals surface area contributed by atoms with E-state index in [4.69, 9.17) is 5.11 Å². The van der Waals surface area contributed by atoms with Crippen LogP contribution in [0.15, 0.2) is 18.3 Å². The molecule has 2 N–H and O–H groups in total. The summed E-state index contributed by atoms with van der Waals surface area (Å²) < 4.78 is 0. The van der Waals surface area contributed by atoms with Crippen molar-refractivity contribution in [1.29, 1.82) is 0 Å². The number of aliphatic carboxylic acids is 1. The topological polar surface area (TPSA) is 62.2 Å². The molecule has 4 nitrogen and oxygen atoms in total. The van der Waals surface area contributed by atoms with Crippen molar-refractivity contribution >= 4 is 5.97 Å². The number of aryl methyl sites for hydroxylation is 1. The highest BCUT2D eigenvalue weighted by atomic mass is 16.4. The molecule has 0 bridgehead atoms. The van der Waals surface area contributed by atoms with E-state index < -0.39 is 11.5 Å². The SMILES string of the molecule is Cc1cccnc1CNC(C)(C)C(=O)O. The summed E-state index contributed by atoms with van der Waals surface area (Å²) in [6.45, 7) is 5.69. The lowest BCUT2D eigenvalue weighted by Gasteiger charge is -2.21. The van der Waals surface area contributed by atoms with Gasteiger partial charge in [0.15, 0.2) is 0 Å². The van der Waals surface area contributed by atoms with Crippen LogP contribution in [0.4, 0.5) is 0 Å². The van der Waals surface area contributed by atoms with E-state index in [2.05, 4.69) is 10.3 Å². The number of hydrogen-bond acceptors (Lipinski definition) is 3. The average molecular weight is 208 g/mol. The maximum absolute atomic E-state index is 10.8. The molecule has 0 saturated heterocycles. The second kappa shape index (κ2) is 4.40. The molecule has 0 saturated carbocycles. The Labute approximate surface area is 89.3 Å². The van der Waals surface area contributed by atoms with Crippen LogP contribution in [0.25, 0.3) is 0 Å². The van der Waals surface area contributed by atoms with Gasteiger partial charge in [0.25, 0.3) is 0 Å². The van der Waals surface area contributed by atoms with Crippen molar-refractivity contribution in [2.45, 2.75) is 32.9 Å². The number of carboxylic acid groups (broad SMARTS) is 1. The summed E-state index contributed by atoms with van der Waals surface area (Å²) in [7, 11) is 0. The molecule has 1 rings (SSSR count). The molecule has 0 aromatic carbocycles. The lowest BCUT2D eigenvalue weighted by Crippen LogP contribution is -2.46. The molecule has 0 aliphatic rings. The molecule has 0 amide bonds. The van der Waals surface area contributed by atoms with Crippen molar-refractivity contribution in [3.8, 4) is 0 Å². The minimum Gasteiger partial charge on any atom is -0.480 e. The van der Waals surface area contributed by atoms with Crippen molar-refractivity contribution in [3.63, 3.8) is 0 Å². The Morgan fingerprint density at radius 3 is 2.80 bits per heavy atom. The maximum atomic E-state index is 10.8. The van der Waals surface area contributed by atoms with E-state index in [-0.39, 0.29) is 0 Å². The zero-order chi connectivity index (χ0) is 11.5. The predicted molar refractivity (Wildman–Crippen MR) is 57.5 cm³/mol. The minimum absolute atomic E-state index is 0.464. The fourth-order valence-corrected chi connectivity index (χ4v) is 1.08. The summed E-state index contributed by atoms with van der Waals surface area (Å²) in [5.41, 5.74) is 1.02. The zero-order valence-electron chi connectivity index (χ0n) is 9.24. The van der Waals surface area contributed by atoms with Crippen LogP contribution in [-0.2, 0) is 11.3 Å². The molecular formula is C11H16N2O2. The Morgan fingerprint density at radius 2 is 2.27 bits per heavy atom. The van der Waals surface area contributed by atoms with Crippen molar-refractivity contribution in [1.82, 2.24) is 10.3 Å². The molecule has 82 valence electrons. The number of carboxylic acids is 1. The number of aromatic nitrogens is 1. The molecule has 0 radical (unpaired) electrons. The second-order valence-corrected chi connectivity index (χ2v) is 4.05. The van der Waals surface area contributed by atoms with Crippen molar-refractivity contribution in [2.75, 3.05) is 0 Å². The largest absolute Gasteiger partial charge is 0.480 e. The van der Waals surface area contributed by atoms with Crippen LogP contribution in [0.2, 0.25) is 0 Å². The summed E-state index contributed by atoms with van der Waals surface area (Å²) in [6, 6.07) is 3.82. The van der Waals surface area contributed by atoms with Crippen LogP contribution >= 0.6 is 0 Å². The van der Waals surface area contributed by atoms with Crippen molar-refractivity contribution in [2.24, 2.45) is 0 Å². The minimum atomic E-state index is -0.927. The van der Waals surface area contributed by atoms with Crippen LogP contribution < -0.4 is 5.32 Å². The lowest BCUT2D eigenvalue weighted by molar-refractivity contribution is -0.143. The smallest absolute Gasteiger partial charge is 0.323 e. The molecule has 0 aliphatic heterocycles. The highest BCUT2D eigenvalue weighted by Crippen LogP contribution is 2.07. The van der Waals surface area contributed by atoms with Gasteiger partial charge in [-0.1, -0.05) is 6.07 Å². The fraction of sp³-hybridized carbons (Fsp3) is 0.455. The van der Waals surface area contributed by atoms with Gasteiger partial charge in [0.05, 0.1) is 5.69 Å². The number of carbonyl (C=O) groups is 1. The monoisotopic (exact) mass is 208 g/mol. The van der Waals surface area contributed by atoms with E-state index in [1.54, 1.807) is 20.0 Å².